The van der Waals surface area contributed by atoms with Crippen LogP contribution in [0.25, 0.3) is 0 Å². The van der Waals surface area contributed by atoms with Crippen LogP contribution in [0.3, 0.4) is 0 Å². The fourth-order valence-corrected chi connectivity index (χ4v) is 1.69. The predicted octanol–water partition coefficient (Wildman–Crippen LogP) is 1.30. The van der Waals surface area contributed by atoms with Crippen LogP contribution in [0.15, 0.2) is 12.3 Å². The Hall–Kier alpha value is -2.18. The van der Waals surface area contributed by atoms with Gasteiger partial charge in [-0.1, -0.05) is 0 Å². The third-order valence-corrected chi connectivity index (χ3v) is 2.57. The van der Waals surface area contributed by atoms with Gasteiger partial charge in [0.25, 0.3) is 5.91 Å². The Labute approximate surface area is 123 Å². The molecule has 3 N–H and O–H groups in total. The second kappa shape index (κ2) is 8.18. The maximum atomic E-state index is 14.0. The lowest BCUT2D eigenvalue weighted by Gasteiger charge is -2.10. The Balaban J connectivity index is 2.56. The zero-order chi connectivity index (χ0) is 15.8. The number of amides is 2. The van der Waals surface area contributed by atoms with Gasteiger partial charge in [0.05, 0.1) is 5.56 Å². The van der Waals surface area contributed by atoms with E-state index in [1.54, 1.807) is 6.92 Å². The van der Waals surface area contributed by atoms with E-state index in [2.05, 4.69) is 20.9 Å². The number of halogens is 1. The largest absolute Gasteiger partial charge is 0.368 e. The lowest BCUT2D eigenvalue weighted by Crippen LogP contribution is -2.34. The molecule has 0 aromatic carbocycles. The average molecular weight is 296 g/mol. The van der Waals surface area contributed by atoms with Gasteiger partial charge in [-0.2, -0.15) is 0 Å². The van der Waals surface area contributed by atoms with Crippen molar-refractivity contribution < 1.29 is 14.0 Å². The summed E-state index contributed by atoms with van der Waals surface area (Å²) in [5.41, 5.74) is -0.0924. The van der Waals surface area contributed by atoms with Crippen LogP contribution in [0.4, 0.5) is 10.2 Å². The molecule has 1 aromatic heterocycles. The van der Waals surface area contributed by atoms with Gasteiger partial charge in [-0.3, -0.25) is 9.59 Å². The standard InChI is InChI=1S/C14H21FN4O2/c1-4-16-13-12(15)10(5-7-17-13)14(21)18-8-6-11(20)19-9(2)3/h5,7,9H,4,6,8H2,1-3H3,(H,16,17)(H,18,21)(H,19,20). The van der Waals surface area contributed by atoms with Gasteiger partial charge < -0.3 is 16.0 Å². The van der Waals surface area contributed by atoms with Gasteiger partial charge >= 0.3 is 0 Å². The molecular weight excluding hydrogens is 275 g/mol. The minimum Gasteiger partial charge on any atom is -0.368 e. The molecule has 0 unspecified atom stereocenters. The average Bonchev–Trinajstić information content (AvgIpc) is 2.40. The van der Waals surface area contributed by atoms with Crippen LogP contribution in [0.2, 0.25) is 0 Å². The number of anilines is 1. The Morgan fingerprint density at radius 3 is 2.71 bits per heavy atom. The molecule has 0 aliphatic heterocycles. The number of hydrogen-bond acceptors (Lipinski definition) is 4. The predicted molar refractivity (Wildman–Crippen MR) is 78.6 cm³/mol. The number of aromatic nitrogens is 1. The van der Waals surface area contributed by atoms with E-state index in [-0.39, 0.29) is 36.3 Å². The Morgan fingerprint density at radius 1 is 1.38 bits per heavy atom. The molecular formula is C14H21FN4O2. The van der Waals surface area contributed by atoms with Crippen LogP contribution >= 0.6 is 0 Å². The molecule has 0 aliphatic carbocycles. The van der Waals surface area contributed by atoms with Crippen molar-refractivity contribution in [3.05, 3.63) is 23.6 Å². The quantitative estimate of drug-likeness (QED) is 0.708. The van der Waals surface area contributed by atoms with Crippen LogP contribution in [-0.2, 0) is 4.79 Å². The molecule has 0 bridgehead atoms. The van der Waals surface area contributed by atoms with Crippen LogP contribution in [-0.4, -0.2) is 35.9 Å². The lowest BCUT2D eigenvalue weighted by atomic mass is 10.2. The molecule has 116 valence electrons. The van der Waals surface area contributed by atoms with Crippen molar-refractivity contribution in [2.45, 2.75) is 33.2 Å². The first-order valence-electron chi connectivity index (χ1n) is 6.91. The highest BCUT2D eigenvalue weighted by atomic mass is 19.1. The van der Waals surface area contributed by atoms with Gasteiger partial charge in [0.1, 0.15) is 0 Å². The summed E-state index contributed by atoms with van der Waals surface area (Å²) in [7, 11) is 0. The first-order valence-corrected chi connectivity index (χ1v) is 6.91. The van der Waals surface area contributed by atoms with E-state index in [0.29, 0.717) is 6.54 Å². The van der Waals surface area contributed by atoms with Gasteiger partial charge in [0, 0.05) is 31.7 Å². The minimum atomic E-state index is -0.691. The van der Waals surface area contributed by atoms with Crippen molar-refractivity contribution in [3.8, 4) is 0 Å². The van der Waals surface area contributed by atoms with E-state index in [4.69, 9.17) is 0 Å². The van der Waals surface area contributed by atoms with Crippen molar-refractivity contribution in [3.63, 3.8) is 0 Å². The SMILES string of the molecule is CCNc1nccc(C(=O)NCCC(=O)NC(C)C)c1F. The number of nitrogens with zero attached hydrogens (tertiary/aromatic N) is 1. The number of nitrogens with one attached hydrogen (secondary N) is 3. The minimum absolute atomic E-state index is 0.0442. The fraction of sp³-hybridized carbons (Fsp3) is 0.500. The monoisotopic (exact) mass is 296 g/mol. The van der Waals surface area contributed by atoms with E-state index in [1.165, 1.54) is 12.3 Å². The summed E-state index contributed by atoms with van der Waals surface area (Å²) >= 11 is 0. The number of carbonyl (C=O) groups is 2. The van der Waals surface area contributed by atoms with Gasteiger partial charge in [-0.25, -0.2) is 9.37 Å². The Kier molecular flexibility index (Phi) is 6.58. The van der Waals surface area contributed by atoms with Crippen LogP contribution < -0.4 is 16.0 Å². The molecule has 1 heterocycles. The molecule has 6 nitrogen and oxygen atoms in total. The third-order valence-electron chi connectivity index (χ3n) is 2.57. The zero-order valence-electron chi connectivity index (χ0n) is 12.5. The molecule has 1 rings (SSSR count). The molecule has 0 radical (unpaired) electrons. The Bertz CT molecular complexity index is 506. The summed E-state index contributed by atoms with van der Waals surface area (Å²) in [5.74, 6) is -1.37. The van der Waals surface area contributed by atoms with E-state index in [1.807, 2.05) is 13.8 Å². The van der Waals surface area contributed by atoms with Crippen LogP contribution in [0, 0.1) is 5.82 Å². The normalized spacial score (nSPS) is 10.3. The summed E-state index contributed by atoms with van der Waals surface area (Å²) in [6.45, 7) is 6.16. The van der Waals surface area contributed by atoms with Crippen molar-refractivity contribution in [1.82, 2.24) is 15.6 Å². The molecule has 2 amide bonds. The smallest absolute Gasteiger partial charge is 0.254 e. The van der Waals surface area contributed by atoms with Crippen molar-refractivity contribution >= 4 is 17.6 Å². The summed E-state index contributed by atoms with van der Waals surface area (Å²) in [5, 5.41) is 7.96. The molecule has 0 saturated carbocycles. The van der Waals surface area contributed by atoms with Gasteiger partial charge in [0.15, 0.2) is 11.6 Å². The number of carbonyl (C=O) groups excluding carboxylic acids is 2. The van der Waals surface area contributed by atoms with Crippen molar-refractivity contribution in [2.75, 3.05) is 18.4 Å². The van der Waals surface area contributed by atoms with Crippen molar-refractivity contribution in [2.24, 2.45) is 0 Å². The summed E-state index contributed by atoms with van der Waals surface area (Å²) < 4.78 is 14.0. The van der Waals surface area contributed by atoms with Gasteiger partial charge in [0.2, 0.25) is 5.91 Å². The lowest BCUT2D eigenvalue weighted by molar-refractivity contribution is -0.121. The maximum Gasteiger partial charge on any atom is 0.254 e. The van der Waals surface area contributed by atoms with Gasteiger partial charge in [-0.15, -0.1) is 0 Å². The number of hydrogen-bond donors (Lipinski definition) is 3. The van der Waals surface area contributed by atoms with E-state index >= 15 is 0 Å². The molecule has 0 saturated heterocycles. The zero-order valence-corrected chi connectivity index (χ0v) is 12.5. The highest BCUT2D eigenvalue weighted by Gasteiger charge is 2.15. The highest BCUT2D eigenvalue weighted by molar-refractivity contribution is 5.95. The summed E-state index contributed by atoms with van der Waals surface area (Å²) in [6, 6.07) is 1.35. The molecule has 21 heavy (non-hydrogen) atoms. The second-order valence-electron chi connectivity index (χ2n) is 4.78. The number of pyridine rings is 1. The molecule has 0 fully saturated rings. The van der Waals surface area contributed by atoms with E-state index in [0.717, 1.165) is 0 Å². The third kappa shape index (κ3) is 5.37. The molecule has 0 aliphatic rings. The maximum absolute atomic E-state index is 14.0. The summed E-state index contributed by atoms with van der Waals surface area (Å²) in [6.07, 6.45) is 1.51. The topological polar surface area (TPSA) is 83.1 Å². The highest BCUT2D eigenvalue weighted by Crippen LogP contribution is 2.14. The first-order chi connectivity index (χ1) is 9.95. The number of rotatable bonds is 7. The molecule has 7 heteroatoms. The van der Waals surface area contributed by atoms with E-state index in [9.17, 15) is 14.0 Å². The molecule has 0 spiro atoms. The van der Waals surface area contributed by atoms with Crippen LogP contribution in [0.5, 0.6) is 0 Å². The summed E-state index contributed by atoms with van der Waals surface area (Å²) in [4.78, 5) is 27.1. The fourth-order valence-electron chi connectivity index (χ4n) is 1.69. The van der Waals surface area contributed by atoms with Gasteiger partial charge in [-0.05, 0) is 26.8 Å². The van der Waals surface area contributed by atoms with E-state index < -0.39 is 11.7 Å². The van der Waals surface area contributed by atoms with Crippen molar-refractivity contribution in [1.29, 1.82) is 0 Å². The first kappa shape index (κ1) is 16.9. The molecule has 0 atom stereocenters. The second-order valence-corrected chi connectivity index (χ2v) is 4.78. The van der Waals surface area contributed by atoms with Crippen LogP contribution in [0.1, 0.15) is 37.6 Å². The Morgan fingerprint density at radius 2 is 2.10 bits per heavy atom. The molecule has 1 aromatic rings.